The molecule has 2 N–H and O–H groups in total. The highest BCUT2D eigenvalue weighted by Gasteiger charge is 2.29. The highest BCUT2D eigenvalue weighted by Crippen LogP contribution is 2.20. The number of nitrogens with zero attached hydrogens (tertiary/aromatic N) is 4. The van der Waals surface area contributed by atoms with Crippen molar-refractivity contribution in [1.82, 2.24) is 25.3 Å². The second-order valence-corrected chi connectivity index (χ2v) is 9.53. The summed E-state index contributed by atoms with van der Waals surface area (Å²) in [6, 6.07) is 0.881. The van der Waals surface area contributed by atoms with Gasteiger partial charge in [-0.05, 0) is 31.0 Å². The summed E-state index contributed by atoms with van der Waals surface area (Å²) in [5.41, 5.74) is 2.05. The Morgan fingerprint density at radius 3 is 2.81 bits per heavy atom. The Kier molecular flexibility index (Phi) is 10.3. The van der Waals surface area contributed by atoms with Gasteiger partial charge < -0.3 is 15.5 Å². The van der Waals surface area contributed by atoms with Gasteiger partial charge in [0.1, 0.15) is 0 Å². The van der Waals surface area contributed by atoms with Crippen LogP contribution in [0.5, 0.6) is 0 Å². The highest BCUT2D eigenvalue weighted by atomic mass is 16.2. The lowest BCUT2D eigenvalue weighted by Crippen LogP contribution is -2.56. The normalized spacial score (nSPS) is 25.7. The summed E-state index contributed by atoms with van der Waals surface area (Å²) in [5.74, 6) is 2.98. The molecule has 3 aliphatic heterocycles. The maximum Gasteiger partial charge on any atom is 0.253 e. The van der Waals surface area contributed by atoms with Crippen molar-refractivity contribution in [3.8, 4) is 12.3 Å². The number of aliphatic imine (C=N–C) groups is 1. The number of likely N-dealkylation sites (tertiary alicyclic amines) is 1. The van der Waals surface area contributed by atoms with E-state index in [9.17, 15) is 4.79 Å². The molecule has 3 heterocycles. The number of hydrogen-bond donors (Lipinski definition) is 2. The first-order valence-electron chi connectivity index (χ1n) is 13.0. The van der Waals surface area contributed by atoms with Crippen molar-refractivity contribution in [2.75, 3.05) is 53.4 Å². The molecule has 0 saturated carbocycles. The largest absolute Gasteiger partial charge is 0.339 e. The first-order valence-corrected chi connectivity index (χ1v) is 13.0. The summed E-state index contributed by atoms with van der Waals surface area (Å²) in [4.78, 5) is 24.0. The number of rotatable bonds is 9. The van der Waals surface area contributed by atoms with Crippen LogP contribution >= 0.6 is 0 Å². The smallest absolute Gasteiger partial charge is 0.253 e. The van der Waals surface area contributed by atoms with Crippen LogP contribution in [0.4, 0.5) is 0 Å². The van der Waals surface area contributed by atoms with E-state index >= 15 is 0 Å². The van der Waals surface area contributed by atoms with E-state index in [-0.39, 0.29) is 23.9 Å². The second-order valence-electron chi connectivity index (χ2n) is 9.53. The molecule has 0 aliphatic carbocycles. The zero-order chi connectivity index (χ0) is 26.1. The average Bonchev–Trinajstić information content (AvgIpc) is 3.32. The molecule has 0 aromatic heterocycles. The van der Waals surface area contributed by atoms with E-state index in [1.165, 1.54) is 5.57 Å². The van der Waals surface area contributed by atoms with Gasteiger partial charge in [-0.1, -0.05) is 43.2 Å². The molecule has 0 bridgehead atoms. The minimum Gasteiger partial charge on any atom is -0.339 e. The van der Waals surface area contributed by atoms with Crippen LogP contribution in [0.15, 0.2) is 65.8 Å². The number of nitrogens with one attached hydrogen (secondary N) is 2. The van der Waals surface area contributed by atoms with Crippen molar-refractivity contribution in [2.45, 2.75) is 37.9 Å². The first-order chi connectivity index (χ1) is 17.4. The number of allylic oxidation sites excluding steroid dienone is 2. The monoisotopic (exact) mass is 490 g/mol. The molecule has 2 fully saturated rings. The zero-order valence-corrected chi connectivity index (χ0v) is 22.1. The topological polar surface area (TPSA) is 63.2 Å². The third-order valence-electron chi connectivity index (χ3n) is 7.23. The summed E-state index contributed by atoms with van der Waals surface area (Å²) in [5, 5.41) is 7.05. The van der Waals surface area contributed by atoms with Gasteiger partial charge in [0, 0.05) is 64.0 Å². The maximum atomic E-state index is 12.9. The van der Waals surface area contributed by atoms with E-state index in [0.717, 1.165) is 51.1 Å². The van der Waals surface area contributed by atoms with Crippen molar-refractivity contribution < 1.29 is 4.79 Å². The fourth-order valence-corrected chi connectivity index (χ4v) is 5.06. The minimum atomic E-state index is -0.290. The van der Waals surface area contributed by atoms with Gasteiger partial charge in [-0.3, -0.25) is 14.6 Å². The molecule has 0 spiro atoms. The third-order valence-corrected chi connectivity index (χ3v) is 7.23. The number of carbonyl (C=O) groups excluding carboxylic acids is 1. The predicted molar refractivity (Wildman–Crippen MR) is 150 cm³/mol. The molecule has 36 heavy (non-hydrogen) atoms. The van der Waals surface area contributed by atoms with E-state index in [1.54, 1.807) is 24.1 Å². The van der Waals surface area contributed by atoms with Gasteiger partial charge in [0.2, 0.25) is 5.96 Å². The van der Waals surface area contributed by atoms with Gasteiger partial charge in [0.05, 0.1) is 12.5 Å². The molecule has 3 aliphatic rings. The molecular weight excluding hydrogens is 448 g/mol. The van der Waals surface area contributed by atoms with Crippen molar-refractivity contribution >= 4 is 11.9 Å². The molecule has 0 radical (unpaired) electrons. The van der Waals surface area contributed by atoms with Gasteiger partial charge in [-0.2, -0.15) is 0 Å². The molecule has 3 rings (SSSR count). The summed E-state index contributed by atoms with van der Waals surface area (Å²) < 4.78 is 0. The number of hydrogen-bond acceptors (Lipinski definition) is 6. The Morgan fingerprint density at radius 2 is 2.17 bits per heavy atom. The molecule has 0 aromatic carbocycles. The van der Waals surface area contributed by atoms with E-state index in [0.29, 0.717) is 18.5 Å². The fourth-order valence-electron chi connectivity index (χ4n) is 5.06. The average molecular weight is 491 g/mol. The Hall–Kier alpha value is -2.92. The van der Waals surface area contributed by atoms with Crippen LogP contribution in [0.1, 0.15) is 19.8 Å². The zero-order valence-electron chi connectivity index (χ0n) is 22.1. The van der Waals surface area contributed by atoms with Crippen LogP contribution in [0.2, 0.25) is 0 Å². The lowest BCUT2D eigenvalue weighted by atomic mass is 10.00. The fraction of sp³-hybridized carbons (Fsp3) is 0.517. The van der Waals surface area contributed by atoms with Gasteiger partial charge in [-0.25, -0.2) is 4.99 Å². The number of guanidine groups is 1. The molecule has 0 aromatic rings. The van der Waals surface area contributed by atoms with Crippen LogP contribution in [0.3, 0.4) is 0 Å². The third kappa shape index (κ3) is 6.64. The molecule has 7 heteroatoms. The summed E-state index contributed by atoms with van der Waals surface area (Å²) in [6.07, 6.45) is 19.9. The molecule has 194 valence electrons. The standard InChI is InChI=1S/C29H42N6O/c1-7-11-23(12-13-26(10-4)34-16-14-25(20-34)30-5)27-21-35(17-15-31-27)29-32-19-24(22(8-2)9-3)18-28(36)33(29)6/h2,9-13,18,22,25-27,30-31H,3-4,7,14-17,19-21H2,1,5-6H3/b13-12-,23-11+/t22?,25-,26?,27?/m1/s1. The van der Waals surface area contributed by atoms with Crippen LogP contribution in [0, 0.1) is 18.3 Å². The quantitative estimate of drug-likeness (QED) is 0.295. The van der Waals surface area contributed by atoms with Crippen LogP contribution in [-0.2, 0) is 4.79 Å². The van der Waals surface area contributed by atoms with Crippen LogP contribution < -0.4 is 10.6 Å². The highest BCUT2D eigenvalue weighted by molar-refractivity contribution is 6.03. The molecule has 7 nitrogen and oxygen atoms in total. The number of likely N-dealkylation sites (N-methyl/N-ethyl adjacent to an activating group) is 2. The van der Waals surface area contributed by atoms with Gasteiger partial charge in [-0.15, -0.1) is 19.6 Å². The summed E-state index contributed by atoms with van der Waals surface area (Å²) in [7, 11) is 3.81. The number of carbonyl (C=O) groups is 1. The summed E-state index contributed by atoms with van der Waals surface area (Å²) >= 11 is 0. The van der Waals surface area contributed by atoms with Crippen molar-refractivity contribution in [2.24, 2.45) is 10.9 Å². The molecule has 2 saturated heterocycles. The number of amides is 1. The number of piperazine rings is 1. The Morgan fingerprint density at radius 1 is 1.36 bits per heavy atom. The molecule has 4 atom stereocenters. The lowest BCUT2D eigenvalue weighted by Gasteiger charge is -2.38. The van der Waals surface area contributed by atoms with Gasteiger partial charge in [0.25, 0.3) is 5.91 Å². The van der Waals surface area contributed by atoms with Crippen molar-refractivity contribution in [3.63, 3.8) is 0 Å². The molecule has 3 unspecified atom stereocenters. The van der Waals surface area contributed by atoms with E-state index in [2.05, 4.69) is 64.7 Å². The molecular formula is C29H42N6O. The summed E-state index contributed by atoms with van der Waals surface area (Å²) in [6.45, 7) is 14.9. The van der Waals surface area contributed by atoms with E-state index in [4.69, 9.17) is 11.4 Å². The van der Waals surface area contributed by atoms with Crippen molar-refractivity contribution in [1.29, 1.82) is 0 Å². The molecule has 1 amide bonds. The van der Waals surface area contributed by atoms with Gasteiger partial charge in [0.15, 0.2) is 0 Å². The van der Waals surface area contributed by atoms with Crippen molar-refractivity contribution in [3.05, 3.63) is 60.8 Å². The Bertz CT molecular complexity index is 971. The van der Waals surface area contributed by atoms with Crippen LogP contribution in [0.25, 0.3) is 0 Å². The van der Waals surface area contributed by atoms with Crippen LogP contribution in [-0.4, -0.2) is 98.1 Å². The van der Waals surface area contributed by atoms with E-state index < -0.39 is 0 Å². The lowest BCUT2D eigenvalue weighted by molar-refractivity contribution is -0.121. The minimum absolute atomic E-state index is 0.109. The first kappa shape index (κ1) is 27.7. The second kappa shape index (κ2) is 13.4. The predicted octanol–water partition coefficient (Wildman–Crippen LogP) is 2.19. The van der Waals surface area contributed by atoms with E-state index in [1.807, 2.05) is 13.1 Å². The maximum absolute atomic E-state index is 12.9. The number of terminal acetylenes is 1. The Labute approximate surface area is 217 Å². The SMILES string of the molecule is C#CC(C=C)C1=CC(=O)N(C)C(N2CCNC(C(/C=C\C(C=C)N3CC[C@@H](NC)C3)=C/CC)C2)=NC1. The van der Waals surface area contributed by atoms with Gasteiger partial charge >= 0.3 is 0 Å². The Balaban J connectivity index is 1.74.